The smallest absolute Gasteiger partial charge is 0.273 e. The van der Waals surface area contributed by atoms with Crippen molar-refractivity contribution in [2.75, 3.05) is 0 Å². The van der Waals surface area contributed by atoms with E-state index in [9.17, 15) is 9.90 Å². The number of aromatic nitrogens is 3. The lowest BCUT2D eigenvalue weighted by Crippen LogP contribution is -2.34. The molecule has 0 spiro atoms. The van der Waals surface area contributed by atoms with E-state index < -0.39 is 6.10 Å². The van der Waals surface area contributed by atoms with Gasteiger partial charge >= 0.3 is 0 Å². The number of aliphatic hydroxyl groups is 1. The van der Waals surface area contributed by atoms with Gasteiger partial charge in [-0.15, -0.1) is 5.10 Å². The minimum absolute atomic E-state index is 0.204. The van der Waals surface area contributed by atoms with Gasteiger partial charge in [-0.2, -0.15) is 9.90 Å². The van der Waals surface area contributed by atoms with Gasteiger partial charge in [0.25, 0.3) is 5.91 Å². The van der Waals surface area contributed by atoms with Crippen molar-refractivity contribution in [1.29, 1.82) is 0 Å². The van der Waals surface area contributed by atoms with E-state index in [1.807, 2.05) is 67.6 Å². The molecule has 1 amide bonds. The van der Waals surface area contributed by atoms with Gasteiger partial charge in [-0.3, -0.25) is 4.79 Å². The molecule has 2 unspecified atom stereocenters. The number of amides is 1. The van der Waals surface area contributed by atoms with Crippen LogP contribution in [0.5, 0.6) is 0 Å². The van der Waals surface area contributed by atoms with Crippen molar-refractivity contribution >= 4 is 5.91 Å². The Kier molecular flexibility index (Phi) is 5.20. The molecule has 1 heterocycles. The number of rotatable bonds is 6. The Morgan fingerprint density at radius 1 is 1.12 bits per heavy atom. The van der Waals surface area contributed by atoms with Gasteiger partial charge in [0.15, 0.2) is 5.69 Å². The number of carbonyl (C=O) groups excluding carboxylic acids is 1. The lowest BCUT2D eigenvalue weighted by atomic mass is 10.0. The van der Waals surface area contributed by atoms with Crippen LogP contribution >= 0.6 is 0 Å². The van der Waals surface area contributed by atoms with Crippen molar-refractivity contribution in [3.05, 3.63) is 78.1 Å². The lowest BCUT2D eigenvalue weighted by molar-refractivity contribution is 0.0911. The van der Waals surface area contributed by atoms with E-state index in [4.69, 9.17) is 0 Å². The summed E-state index contributed by atoms with van der Waals surface area (Å²) in [6.07, 6.45) is 1.22. The SMILES string of the molecule is CC(CC(O)c1ccccc1)NC(=O)c1cnn(-c2ccccc2)n1. The monoisotopic (exact) mass is 336 g/mol. The lowest BCUT2D eigenvalue weighted by Gasteiger charge is -2.17. The molecule has 0 aliphatic rings. The molecule has 128 valence electrons. The van der Waals surface area contributed by atoms with Crippen LogP contribution in [0, 0.1) is 0 Å². The van der Waals surface area contributed by atoms with Gasteiger partial charge in [-0.05, 0) is 31.0 Å². The molecule has 2 atom stereocenters. The average molecular weight is 336 g/mol. The molecule has 0 saturated carbocycles. The van der Waals surface area contributed by atoms with E-state index in [0.717, 1.165) is 11.3 Å². The Hall–Kier alpha value is -2.99. The molecule has 0 aliphatic heterocycles. The molecule has 3 rings (SSSR count). The van der Waals surface area contributed by atoms with E-state index in [1.54, 1.807) is 0 Å². The van der Waals surface area contributed by atoms with Crippen LogP contribution in [0.1, 0.15) is 35.5 Å². The van der Waals surface area contributed by atoms with Gasteiger partial charge in [0, 0.05) is 6.04 Å². The van der Waals surface area contributed by atoms with Gasteiger partial charge in [-0.1, -0.05) is 48.5 Å². The molecule has 6 nitrogen and oxygen atoms in total. The van der Waals surface area contributed by atoms with Crippen molar-refractivity contribution in [2.24, 2.45) is 0 Å². The number of hydrogen-bond donors (Lipinski definition) is 2. The zero-order valence-electron chi connectivity index (χ0n) is 13.9. The number of aliphatic hydroxyl groups excluding tert-OH is 1. The third-order valence-electron chi connectivity index (χ3n) is 3.85. The molecule has 2 aromatic carbocycles. The summed E-state index contributed by atoms with van der Waals surface area (Å²) in [7, 11) is 0. The molecule has 0 bridgehead atoms. The molecule has 1 aromatic heterocycles. The summed E-state index contributed by atoms with van der Waals surface area (Å²) in [5.74, 6) is -0.310. The quantitative estimate of drug-likeness (QED) is 0.725. The number of nitrogens with one attached hydrogen (secondary N) is 1. The Bertz CT molecular complexity index is 818. The average Bonchev–Trinajstić information content (AvgIpc) is 3.13. The maximum Gasteiger partial charge on any atom is 0.273 e. The molecule has 0 radical (unpaired) electrons. The topological polar surface area (TPSA) is 80.0 Å². The fourth-order valence-electron chi connectivity index (χ4n) is 2.56. The Balaban J connectivity index is 1.59. The highest BCUT2D eigenvalue weighted by atomic mass is 16.3. The van der Waals surface area contributed by atoms with Crippen molar-refractivity contribution in [3.8, 4) is 5.69 Å². The normalized spacial score (nSPS) is 13.2. The first-order valence-electron chi connectivity index (χ1n) is 8.15. The molecule has 2 N–H and O–H groups in total. The predicted molar refractivity (Wildman–Crippen MR) is 94.3 cm³/mol. The first-order chi connectivity index (χ1) is 12.1. The van der Waals surface area contributed by atoms with E-state index in [2.05, 4.69) is 15.5 Å². The van der Waals surface area contributed by atoms with Crippen molar-refractivity contribution < 1.29 is 9.90 Å². The van der Waals surface area contributed by atoms with Crippen LogP contribution in [0.15, 0.2) is 66.9 Å². The van der Waals surface area contributed by atoms with Gasteiger partial charge < -0.3 is 10.4 Å². The summed E-state index contributed by atoms with van der Waals surface area (Å²) in [5, 5.41) is 21.4. The van der Waals surface area contributed by atoms with E-state index in [-0.39, 0.29) is 17.6 Å². The standard InChI is InChI=1S/C19H20N4O2/c1-14(12-18(24)15-8-4-2-5-9-15)21-19(25)17-13-20-23(22-17)16-10-6-3-7-11-16/h2-11,13-14,18,24H,12H2,1H3,(H,21,25). The highest BCUT2D eigenvalue weighted by Gasteiger charge is 2.17. The summed E-state index contributed by atoms with van der Waals surface area (Å²) in [4.78, 5) is 13.7. The molecule has 0 fully saturated rings. The molecule has 0 saturated heterocycles. The third kappa shape index (κ3) is 4.30. The van der Waals surface area contributed by atoms with Crippen LogP contribution in [0.25, 0.3) is 5.69 Å². The first-order valence-corrected chi connectivity index (χ1v) is 8.15. The highest BCUT2D eigenvalue weighted by Crippen LogP contribution is 2.17. The van der Waals surface area contributed by atoms with Crippen LogP contribution < -0.4 is 5.32 Å². The minimum Gasteiger partial charge on any atom is -0.388 e. The second kappa shape index (κ2) is 7.72. The van der Waals surface area contributed by atoms with E-state index >= 15 is 0 Å². The summed E-state index contributed by atoms with van der Waals surface area (Å²) in [6.45, 7) is 1.85. The first kappa shape index (κ1) is 16.9. The molecule has 25 heavy (non-hydrogen) atoms. The van der Waals surface area contributed by atoms with Crippen LogP contribution in [-0.4, -0.2) is 32.0 Å². The van der Waals surface area contributed by atoms with Crippen LogP contribution in [0.2, 0.25) is 0 Å². The van der Waals surface area contributed by atoms with E-state index in [1.165, 1.54) is 11.0 Å². The predicted octanol–water partition coefficient (Wildman–Crippen LogP) is 2.51. The number of carbonyl (C=O) groups is 1. The number of hydrogen-bond acceptors (Lipinski definition) is 4. The zero-order valence-corrected chi connectivity index (χ0v) is 13.9. The molecule has 3 aromatic rings. The van der Waals surface area contributed by atoms with Crippen molar-refractivity contribution in [3.63, 3.8) is 0 Å². The minimum atomic E-state index is -0.628. The molecule has 6 heteroatoms. The number of nitrogens with zero attached hydrogens (tertiary/aromatic N) is 3. The fraction of sp³-hybridized carbons (Fsp3) is 0.211. The second-order valence-electron chi connectivity index (χ2n) is 5.89. The molecular formula is C19H20N4O2. The van der Waals surface area contributed by atoms with E-state index in [0.29, 0.717) is 6.42 Å². The van der Waals surface area contributed by atoms with Gasteiger partial charge in [-0.25, -0.2) is 0 Å². The number of para-hydroxylation sites is 1. The van der Waals surface area contributed by atoms with Crippen molar-refractivity contribution in [1.82, 2.24) is 20.3 Å². The largest absolute Gasteiger partial charge is 0.388 e. The van der Waals surface area contributed by atoms with Gasteiger partial charge in [0.1, 0.15) is 0 Å². The van der Waals surface area contributed by atoms with Crippen LogP contribution in [0.4, 0.5) is 0 Å². The Morgan fingerprint density at radius 2 is 1.76 bits per heavy atom. The zero-order chi connectivity index (χ0) is 17.6. The number of benzene rings is 2. The third-order valence-corrected chi connectivity index (χ3v) is 3.85. The maximum absolute atomic E-state index is 12.3. The maximum atomic E-state index is 12.3. The highest BCUT2D eigenvalue weighted by molar-refractivity contribution is 5.92. The summed E-state index contributed by atoms with van der Waals surface area (Å²) in [6, 6.07) is 18.6. The Morgan fingerprint density at radius 3 is 2.44 bits per heavy atom. The molecule has 0 aliphatic carbocycles. The summed E-state index contributed by atoms with van der Waals surface area (Å²) < 4.78 is 0. The van der Waals surface area contributed by atoms with Gasteiger partial charge in [0.05, 0.1) is 18.0 Å². The summed E-state index contributed by atoms with van der Waals surface area (Å²) >= 11 is 0. The van der Waals surface area contributed by atoms with Crippen LogP contribution in [-0.2, 0) is 0 Å². The van der Waals surface area contributed by atoms with Gasteiger partial charge in [0.2, 0.25) is 0 Å². The molecular weight excluding hydrogens is 316 g/mol. The van der Waals surface area contributed by atoms with Crippen molar-refractivity contribution in [2.45, 2.75) is 25.5 Å². The fourth-order valence-corrected chi connectivity index (χ4v) is 2.56. The Labute approximate surface area is 146 Å². The van der Waals surface area contributed by atoms with Crippen LogP contribution in [0.3, 0.4) is 0 Å². The second-order valence-corrected chi connectivity index (χ2v) is 5.89. The summed E-state index contributed by atoms with van der Waals surface area (Å²) in [5.41, 5.74) is 1.86.